The Morgan fingerprint density at radius 1 is 0.379 bits per heavy atom. The van der Waals surface area contributed by atoms with Crippen molar-refractivity contribution in [3.8, 4) is 22.8 Å². The van der Waals surface area contributed by atoms with Gasteiger partial charge in [-0.1, -0.05) is 41.4 Å². The summed E-state index contributed by atoms with van der Waals surface area (Å²) in [5, 5.41) is 29.7. The fourth-order valence-corrected chi connectivity index (χ4v) is 8.45. The summed E-state index contributed by atoms with van der Waals surface area (Å²) in [7, 11) is 0. The van der Waals surface area contributed by atoms with Gasteiger partial charge in [-0.3, -0.25) is 85.6 Å². The summed E-state index contributed by atoms with van der Waals surface area (Å²) in [5.74, 6) is -3.00. The minimum Gasteiger partial charge on any atom is -0.406 e. The highest BCUT2D eigenvalue weighted by atomic mass is 35.5. The first-order chi connectivity index (χ1) is 45.9. The molecule has 474 valence electrons. The second-order valence-electron chi connectivity index (χ2n) is 19.2. The Kier molecular flexibility index (Phi) is 20.7. The highest BCUT2D eigenvalue weighted by molar-refractivity contribution is 6.31. The van der Waals surface area contributed by atoms with Gasteiger partial charge in [-0.25, -0.2) is 0 Å². The van der Waals surface area contributed by atoms with Crippen molar-refractivity contribution in [2.24, 2.45) is 0 Å². The lowest BCUT2D eigenvalue weighted by molar-refractivity contribution is -0.274. The lowest BCUT2D eigenvalue weighted by Crippen LogP contribution is -2.17. The van der Waals surface area contributed by atoms with Gasteiger partial charge >= 0.3 is 6.36 Å². The Morgan fingerprint density at radius 2 is 0.716 bits per heavy atom. The Balaban J connectivity index is 0.000000156. The number of carbonyl (C=O) groups excluding carboxylic acids is 6. The molecule has 12 rings (SSSR count). The number of hydrogen-bond donors (Lipinski definition) is 6. The molecule has 0 bridgehead atoms. The molecule has 32 heteroatoms. The first-order valence-electron chi connectivity index (χ1n) is 27.6. The third kappa shape index (κ3) is 17.7. The van der Waals surface area contributed by atoms with Crippen molar-refractivity contribution in [3.05, 3.63) is 269 Å². The molecule has 8 aromatic heterocycles. The van der Waals surface area contributed by atoms with Crippen LogP contribution in [0.5, 0.6) is 5.75 Å². The van der Waals surface area contributed by atoms with E-state index in [2.05, 4.69) is 91.8 Å². The number of pyridine rings is 5. The number of anilines is 6. The van der Waals surface area contributed by atoms with Gasteiger partial charge in [0.05, 0.1) is 28.2 Å². The van der Waals surface area contributed by atoms with E-state index in [1.165, 1.54) is 87.9 Å². The lowest BCUT2D eigenvalue weighted by Gasteiger charge is -2.11. The summed E-state index contributed by atoms with van der Waals surface area (Å²) in [5.41, 5.74) is 4.36. The normalized spacial score (nSPS) is 10.7. The molecular weight excluding hydrogens is 1280 g/mol. The average Bonchev–Trinajstić information content (AvgIpc) is 1.72. The summed E-state index contributed by atoms with van der Waals surface area (Å²) in [4.78, 5) is 107. The molecule has 95 heavy (non-hydrogen) atoms. The summed E-state index contributed by atoms with van der Waals surface area (Å²) >= 11 is 11.9. The number of alkyl halides is 3. The van der Waals surface area contributed by atoms with Gasteiger partial charge in [0.25, 0.3) is 53.3 Å². The predicted molar refractivity (Wildman–Crippen MR) is 341 cm³/mol. The molecule has 0 aliphatic heterocycles. The smallest absolute Gasteiger partial charge is 0.406 e. The van der Waals surface area contributed by atoms with E-state index in [1.54, 1.807) is 141 Å². The van der Waals surface area contributed by atoms with Crippen LogP contribution in [0.25, 0.3) is 17.1 Å². The van der Waals surface area contributed by atoms with E-state index in [0.717, 1.165) is 17.7 Å². The zero-order valence-corrected chi connectivity index (χ0v) is 50.3. The number of benzene rings is 4. The summed E-state index contributed by atoms with van der Waals surface area (Å²) in [6.45, 7) is 1.76. The Morgan fingerprint density at radius 3 is 1.07 bits per heavy atom. The molecule has 0 saturated heterocycles. The third-order valence-corrected chi connectivity index (χ3v) is 13.2. The monoisotopic (exact) mass is 1320 g/mol. The van der Waals surface area contributed by atoms with E-state index < -0.39 is 47.6 Å². The number of aromatic nitrogens is 14. The molecule has 0 aliphatic carbocycles. The molecule has 12 aromatic rings. The molecule has 6 amide bonds. The highest BCUT2D eigenvalue weighted by Gasteiger charge is 2.31. The molecule has 27 nitrogen and oxygen atoms in total. The van der Waals surface area contributed by atoms with Crippen molar-refractivity contribution in [2.75, 3.05) is 31.9 Å². The predicted octanol–water partition coefficient (Wildman–Crippen LogP) is 10.8. The van der Waals surface area contributed by atoms with Crippen molar-refractivity contribution in [1.29, 1.82) is 0 Å². The molecule has 0 radical (unpaired) electrons. The Hall–Kier alpha value is -13.0. The Labute approximate surface area is 544 Å². The van der Waals surface area contributed by atoms with Gasteiger partial charge in [0.15, 0.2) is 0 Å². The second-order valence-corrected chi connectivity index (χ2v) is 20.1. The van der Waals surface area contributed by atoms with E-state index in [0.29, 0.717) is 54.8 Å². The first kappa shape index (κ1) is 65.0. The van der Waals surface area contributed by atoms with E-state index >= 15 is 0 Å². The zero-order valence-electron chi connectivity index (χ0n) is 48.8. The lowest BCUT2D eigenvalue weighted by atomic mass is 10.1. The molecule has 4 aromatic carbocycles. The largest absolute Gasteiger partial charge is 0.573 e. The SMILES string of the molecule is Cc1ccccc1C(=O)Nc1nc(NC(=O)c2ccncc2)nn1-c1ccc(OC(F)(F)F)cc1.O=C(Nc1nc(NC(=O)c2cccnc2)n(-c2ccc(Cl)cc2)n1)c1cccnc1.O=C(Nc1nc(NC(=O)c2ccncc2)n(-c2ccc(Cl)cc2)n1)c1ccncc1. The van der Waals surface area contributed by atoms with Crippen LogP contribution in [-0.4, -0.2) is 111 Å². The van der Waals surface area contributed by atoms with Crippen LogP contribution in [0.3, 0.4) is 0 Å². The molecule has 0 aliphatic rings. The molecule has 8 heterocycles. The van der Waals surface area contributed by atoms with Crippen molar-refractivity contribution in [3.63, 3.8) is 0 Å². The molecule has 0 spiro atoms. The number of ether oxygens (including phenoxy) is 1. The maximum atomic E-state index is 12.9. The van der Waals surface area contributed by atoms with Crippen LogP contribution in [0.1, 0.15) is 67.7 Å². The van der Waals surface area contributed by atoms with Crippen LogP contribution in [0, 0.1) is 6.92 Å². The average molecular weight is 1320 g/mol. The summed E-state index contributed by atoms with van der Waals surface area (Å²) in [6.07, 6.45) is 10.1. The van der Waals surface area contributed by atoms with E-state index in [4.69, 9.17) is 23.2 Å². The molecule has 0 atom stereocenters. The van der Waals surface area contributed by atoms with Gasteiger partial charge in [0.2, 0.25) is 17.8 Å². The summed E-state index contributed by atoms with van der Waals surface area (Å²) in [6, 6.07) is 41.0. The quantitative estimate of drug-likeness (QED) is 0.0523. The first-order valence-corrected chi connectivity index (χ1v) is 28.4. The van der Waals surface area contributed by atoms with Crippen LogP contribution in [0.15, 0.2) is 220 Å². The van der Waals surface area contributed by atoms with Crippen LogP contribution in [0.4, 0.5) is 48.9 Å². The number of halogens is 5. The maximum Gasteiger partial charge on any atom is 0.573 e. The van der Waals surface area contributed by atoms with Gasteiger partial charge in [-0.2, -0.15) is 29.0 Å². The minimum absolute atomic E-state index is 0.0142. The van der Waals surface area contributed by atoms with Crippen LogP contribution in [0.2, 0.25) is 10.0 Å². The van der Waals surface area contributed by atoms with Crippen molar-refractivity contribution < 1.29 is 46.7 Å². The zero-order chi connectivity index (χ0) is 66.8. The second kappa shape index (κ2) is 30.2. The molecule has 0 saturated carbocycles. The number of nitrogens with one attached hydrogen (secondary N) is 6. The van der Waals surface area contributed by atoms with Crippen molar-refractivity contribution in [2.45, 2.75) is 13.3 Å². The standard InChI is InChI=1S/C23H17F3N6O3.2C20H14ClN7O2/c1-14-4-2-3-5-18(14)20(34)29-22-30-21(28-19(33)15-10-12-27-13-11-15)31-32(22)16-6-8-17(9-7-16)35-23(24,25)26;21-15-1-3-16(4-2-15)28-20(25-18(30)14-7-11-23-12-8-14)26-19(27-28)24-17(29)13-5-9-22-10-6-13;21-15-5-7-16(8-6-15)28-20(25-18(30)14-4-2-10-23-12-14)26-19(27-28)24-17(29)13-3-1-9-22-11-13/h2-13H,1H3,(H2,28,29,30,31,33,34);2*1-12H,(H2,24,25,26,27,29,30). The van der Waals surface area contributed by atoms with E-state index in [1.807, 2.05) is 0 Å². The minimum atomic E-state index is -4.84. The number of nitrogens with zero attached hydrogens (tertiary/aromatic N) is 14. The van der Waals surface area contributed by atoms with Gasteiger partial charge < -0.3 is 4.74 Å². The fraction of sp³-hybridized carbons (Fsp3) is 0.0317. The number of hydrogen-bond acceptors (Lipinski definition) is 18. The number of amides is 6. The van der Waals surface area contributed by atoms with Crippen LogP contribution in [-0.2, 0) is 0 Å². The molecule has 6 N–H and O–H groups in total. The molecule has 0 fully saturated rings. The number of carbonyl (C=O) groups is 6. The Bertz CT molecular complexity index is 4470. The van der Waals surface area contributed by atoms with Crippen molar-refractivity contribution in [1.82, 2.24) is 69.2 Å². The van der Waals surface area contributed by atoms with Gasteiger partial charge in [-0.15, -0.1) is 28.5 Å². The summed E-state index contributed by atoms with van der Waals surface area (Å²) < 4.78 is 45.3. The van der Waals surface area contributed by atoms with Gasteiger partial charge in [-0.05, 0) is 152 Å². The van der Waals surface area contributed by atoms with Gasteiger partial charge in [0.1, 0.15) is 5.75 Å². The molecular formula is C63H45Cl2F3N20O7. The topological polar surface area (TPSA) is 340 Å². The number of rotatable bonds is 16. The highest BCUT2D eigenvalue weighted by Crippen LogP contribution is 2.27. The van der Waals surface area contributed by atoms with Gasteiger partial charge in [0, 0.05) is 94.3 Å². The van der Waals surface area contributed by atoms with Crippen LogP contribution >= 0.6 is 23.2 Å². The fourth-order valence-electron chi connectivity index (χ4n) is 8.20. The number of aryl methyl sites for hydroxylation is 1. The van der Waals surface area contributed by atoms with E-state index in [-0.39, 0.29) is 41.4 Å². The van der Waals surface area contributed by atoms with Crippen molar-refractivity contribution >= 4 is 94.3 Å². The van der Waals surface area contributed by atoms with Crippen LogP contribution < -0.4 is 36.6 Å². The maximum absolute atomic E-state index is 12.9. The molecule has 0 unspecified atom stereocenters. The third-order valence-electron chi connectivity index (χ3n) is 12.7. The van der Waals surface area contributed by atoms with E-state index in [9.17, 15) is 41.9 Å².